The Labute approximate surface area is 143 Å². The monoisotopic (exact) mass is 336 g/mol. The predicted molar refractivity (Wildman–Crippen MR) is 94.8 cm³/mol. The lowest BCUT2D eigenvalue weighted by molar-refractivity contribution is 0.165. The molecule has 3 rings (SSSR count). The number of piperidine rings is 1. The van der Waals surface area contributed by atoms with Gasteiger partial charge >= 0.3 is 6.03 Å². The Balaban J connectivity index is 1.44. The molecule has 5 nitrogen and oxygen atoms in total. The summed E-state index contributed by atoms with van der Waals surface area (Å²) in [6.07, 6.45) is 12.6. The number of nitrogens with one attached hydrogen (secondary N) is 1. The van der Waals surface area contributed by atoms with Crippen molar-refractivity contribution in [1.82, 2.24) is 19.8 Å². The Morgan fingerprint density at radius 2 is 2.13 bits per heavy atom. The maximum Gasteiger partial charge on any atom is 0.317 e. The van der Waals surface area contributed by atoms with Gasteiger partial charge in [-0.25, -0.2) is 9.78 Å². The van der Waals surface area contributed by atoms with Gasteiger partial charge in [0.05, 0.1) is 6.33 Å². The van der Waals surface area contributed by atoms with Crippen LogP contribution >= 0.6 is 11.8 Å². The quantitative estimate of drug-likeness (QED) is 0.918. The highest BCUT2D eigenvalue weighted by Crippen LogP contribution is 2.29. The third-order valence-corrected chi connectivity index (χ3v) is 6.29. The molecule has 0 spiro atoms. The molecule has 2 fully saturated rings. The van der Waals surface area contributed by atoms with Gasteiger partial charge in [0, 0.05) is 42.8 Å². The number of rotatable bonds is 4. The molecule has 2 atom stereocenters. The van der Waals surface area contributed by atoms with E-state index in [1.165, 1.54) is 18.6 Å². The largest absolute Gasteiger partial charge is 0.335 e. The van der Waals surface area contributed by atoms with Crippen molar-refractivity contribution in [2.45, 2.75) is 62.8 Å². The number of imidazole rings is 1. The highest BCUT2D eigenvalue weighted by molar-refractivity contribution is 7.99. The van der Waals surface area contributed by atoms with Gasteiger partial charge in [-0.15, -0.1) is 0 Å². The van der Waals surface area contributed by atoms with Gasteiger partial charge in [0.2, 0.25) is 0 Å². The lowest BCUT2D eigenvalue weighted by Gasteiger charge is -2.35. The molecule has 1 saturated carbocycles. The summed E-state index contributed by atoms with van der Waals surface area (Å²) in [5, 5.41) is 4.01. The van der Waals surface area contributed by atoms with E-state index in [0.29, 0.717) is 12.1 Å². The number of urea groups is 1. The van der Waals surface area contributed by atoms with Gasteiger partial charge in [0.25, 0.3) is 0 Å². The van der Waals surface area contributed by atoms with Crippen LogP contribution in [0.25, 0.3) is 0 Å². The van der Waals surface area contributed by atoms with Crippen molar-refractivity contribution in [3.05, 3.63) is 18.7 Å². The molecule has 23 heavy (non-hydrogen) atoms. The molecule has 1 aromatic rings. The van der Waals surface area contributed by atoms with Crippen LogP contribution in [-0.2, 0) is 0 Å². The number of thioether (sulfide) groups is 1. The maximum absolute atomic E-state index is 12.5. The number of carbonyl (C=O) groups excluding carboxylic acids is 1. The standard InChI is InChI=1S/C17H28N4OS/c1-2-23-16-5-3-4-14(12-16)19-17(22)20-9-6-15(7-10-20)21-11-8-18-13-21/h8,11,13-16H,2-7,9-10,12H2,1H3,(H,19,22)/t14-,16+/m0/s1. The van der Waals surface area contributed by atoms with E-state index >= 15 is 0 Å². The van der Waals surface area contributed by atoms with Crippen molar-refractivity contribution >= 4 is 17.8 Å². The summed E-state index contributed by atoms with van der Waals surface area (Å²) in [5.41, 5.74) is 0. The second-order valence-electron chi connectivity index (χ2n) is 6.62. The van der Waals surface area contributed by atoms with Gasteiger partial charge < -0.3 is 14.8 Å². The molecule has 1 N–H and O–H groups in total. The molecule has 1 aliphatic heterocycles. The first-order valence-corrected chi connectivity index (χ1v) is 9.95. The highest BCUT2D eigenvalue weighted by atomic mass is 32.2. The van der Waals surface area contributed by atoms with Gasteiger partial charge in [-0.05, 0) is 37.9 Å². The van der Waals surface area contributed by atoms with E-state index in [-0.39, 0.29) is 6.03 Å². The summed E-state index contributed by atoms with van der Waals surface area (Å²) >= 11 is 2.04. The van der Waals surface area contributed by atoms with Crippen molar-refractivity contribution in [3.63, 3.8) is 0 Å². The zero-order chi connectivity index (χ0) is 16.1. The van der Waals surface area contributed by atoms with E-state index in [1.54, 1.807) is 0 Å². The van der Waals surface area contributed by atoms with Crippen molar-refractivity contribution in [2.24, 2.45) is 0 Å². The van der Waals surface area contributed by atoms with Crippen molar-refractivity contribution < 1.29 is 4.79 Å². The summed E-state index contributed by atoms with van der Waals surface area (Å²) in [4.78, 5) is 18.6. The molecule has 1 saturated heterocycles. The molecule has 128 valence electrons. The highest BCUT2D eigenvalue weighted by Gasteiger charge is 2.27. The van der Waals surface area contributed by atoms with Gasteiger partial charge in [-0.3, -0.25) is 0 Å². The SMILES string of the molecule is CCS[C@@H]1CCC[C@H](NC(=O)N2CCC(n3ccnc3)CC2)C1. The van der Waals surface area contributed by atoms with Crippen LogP contribution in [-0.4, -0.2) is 50.6 Å². The zero-order valence-corrected chi connectivity index (χ0v) is 14.8. The van der Waals surface area contributed by atoms with Crippen LogP contribution in [0.1, 0.15) is 51.5 Å². The lowest BCUT2D eigenvalue weighted by atomic mass is 9.95. The van der Waals surface area contributed by atoms with Crippen molar-refractivity contribution in [3.8, 4) is 0 Å². The van der Waals surface area contributed by atoms with Crippen LogP contribution in [0.5, 0.6) is 0 Å². The molecule has 6 heteroatoms. The third kappa shape index (κ3) is 4.43. The Bertz CT molecular complexity index is 483. The Kier molecular flexibility index (Phi) is 5.86. The summed E-state index contributed by atoms with van der Waals surface area (Å²) in [5.74, 6) is 1.17. The summed E-state index contributed by atoms with van der Waals surface area (Å²) in [7, 11) is 0. The first kappa shape index (κ1) is 16.7. The number of aromatic nitrogens is 2. The minimum Gasteiger partial charge on any atom is -0.335 e. The third-order valence-electron chi connectivity index (χ3n) is 5.05. The van der Waals surface area contributed by atoms with E-state index in [1.807, 2.05) is 35.4 Å². The summed E-state index contributed by atoms with van der Waals surface area (Å²) < 4.78 is 2.17. The second-order valence-corrected chi connectivity index (χ2v) is 8.20. The molecule has 0 bridgehead atoms. The van der Waals surface area contributed by atoms with Crippen LogP contribution in [0.4, 0.5) is 4.79 Å². The van der Waals surface area contributed by atoms with E-state index in [9.17, 15) is 4.79 Å². The molecule has 2 amide bonds. The van der Waals surface area contributed by atoms with E-state index < -0.39 is 0 Å². The molecule has 0 radical (unpaired) electrons. The van der Waals surface area contributed by atoms with Gasteiger partial charge in [0.15, 0.2) is 0 Å². The van der Waals surface area contributed by atoms with Crippen molar-refractivity contribution in [1.29, 1.82) is 0 Å². The molecular weight excluding hydrogens is 308 g/mol. The average molecular weight is 337 g/mol. The van der Waals surface area contributed by atoms with Crippen LogP contribution < -0.4 is 5.32 Å². The molecule has 2 heterocycles. The number of hydrogen-bond donors (Lipinski definition) is 1. The van der Waals surface area contributed by atoms with E-state index in [2.05, 4.69) is 21.8 Å². The number of hydrogen-bond acceptors (Lipinski definition) is 3. The number of likely N-dealkylation sites (tertiary alicyclic amines) is 1. The fourth-order valence-corrected chi connectivity index (χ4v) is 4.95. The average Bonchev–Trinajstić information content (AvgIpc) is 3.10. The lowest BCUT2D eigenvalue weighted by Crippen LogP contribution is -2.49. The maximum atomic E-state index is 12.5. The van der Waals surface area contributed by atoms with Crippen LogP contribution in [0.3, 0.4) is 0 Å². The van der Waals surface area contributed by atoms with E-state index in [0.717, 1.165) is 44.0 Å². The first-order chi connectivity index (χ1) is 11.3. The summed E-state index contributed by atoms with van der Waals surface area (Å²) in [6.45, 7) is 3.90. The van der Waals surface area contributed by atoms with Gasteiger partial charge in [-0.2, -0.15) is 11.8 Å². The molecule has 0 aromatic carbocycles. The molecule has 1 aliphatic carbocycles. The smallest absolute Gasteiger partial charge is 0.317 e. The van der Waals surface area contributed by atoms with Gasteiger partial charge in [0.1, 0.15) is 0 Å². The predicted octanol–water partition coefficient (Wildman–Crippen LogP) is 3.29. The number of carbonyl (C=O) groups is 1. The summed E-state index contributed by atoms with van der Waals surface area (Å²) in [6, 6.07) is 0.995. The van der Waals surface area contributed by atoms with Crippen LogP contribution in [0, 0.1) is 0 Å². The molecule has 0 unspecified atom stereocenters. The molecule has 1 aromatic heterocycles. The fraction of sp³-hybridized carbons (Fsp3) is 0.765. The Morgan fingerprint density at radius 3 is 2.83 bits per heavy atom. The number of amides is 2. The Hall–Kier alpha value is -1.17. The van der Waals surface area contributed by atoms with Gasteiger partial charge in [-0.1, -0.05) is 13.3 Å². The normalized spacial score (nSPS) is 26.2. The molecule has 2 aliphatic rings. The first-order valence-electron chi connectivity index (χ1n) is 8.90. The Morgan fingerprint density at radius 1 is 1.30 bits per heavy atom. The molecular formula is C17H28N4OS. The van der Waals surface area contributed by atoms with Crippen LogP contribution in [0.15, 0.2) is 18.7 Å². The zero-order valence-electron chi connectivity index (χ0n) is 14.0. The minimum absolute atomic E-state index is 0.140. The second kappa shape index (κ2) is 8.08. The fourth-order valence-electron chi connectivity index (χ4n) is 3.78. The van der Waals surface area contributed by atoms with Crippen LogP contribution in [0.2, 0.25) is 0 Å². The van der Waals surface area contributed by atoms with E-state index in [4.69, 9.17) is 0 Å². The van der Waals surface area contributed by atoms with Crippen molar-refractivity contribution in [2.75, 3.05) is 18.8 Å². The topological polar surface area (TPSA) is 50.2 Å². The minimum atomic E-state index is 0.140. The number of nitrogens with zero attached hydrogens (tertiary/aromatic N) is 3.